The first-order chi connectivity index (χ1) is 9.76. The molecule has 1 aliphatic heterocycles. The van der Waals surface area contributed by atoms with Gasteiger partial charge in [0.2, 0.25) is 0 Å². The van der Waals surface area contributed by atoms with E-state index in [0.717, 1.165) is 12.8 Å². The number of nitrogens with zero attached hydrogens (tertiary/aromatic N) is 2. The molecule has 0 saturated carbocycles. The number of pyridine rings is 1. The lowest BCUT2D eigenvalue weighted by molar-refractivity contribution is 0.0641. The molecule has 1 aromatic heterocycles. The van der Waals surface area contributed by atoms with Crippen molar-refractivity contribution in [1.29, 1.82) is 0 Å². The van der Waals surface area contributed by atoms with Crippen LogP contribution in [0, 0.1) is 5.92 Å². The second kappa shape index (κ2) is 7.05. The van der Waals surface area contributed by atoms with Gasteiger partial charge in [-0.3, -0.25) is 4.79 Å². The van der Waals surface area contributed by atoms with Gasteiger partial charge in [-0.05, 0) is 30.9 Å². The molecule has 5 heteroatoms. The summed E-state index contributed by atoms with van der Waals surface area (Å²) in [6.45, 7) is 5.44. The summed E-state index contributed by atoms with van der Waals surface area (Å²) in [4.78, 5) is 18.4. The van der Waals surface area contributed by atoms with Crippen molar-refractivity contribution in [3.05, 3.63) is 36.7 Å². The number of aliphatic hydroxyl groups is 1. The van der Waals surface area contributed by atoms with Crippen LogP contribution in [0.15, 0.2) is 31.0 Å². The molecule has 0 spiro atoms. The van der Waals surface area contributed by atoms with Crippen LogP contribution in [0.5, 0.6) is 5.75 Å². The summed E-state index contributed by atoms with van der Waals surface area (Å²) < 4.78 is 5.47. The van der Waals surface area contributed by atoms with Crippen LogP contribution >= 0.6 is 0 Å². The fourth-order valence-electron chi connectivity index (χ4n) is 2.28. The van der Waals surface area contributed by atoms with E-state index in [1.165, 1.54) is 0 Å². The van der Waals surface area contributed by atoms with Crippen LogP contribution in [0.25, 0.3) is 0 Å². The number of aliphatic hydroxyl groups excluding tert-OH is 1. The van der Waals surface area contributed by atoms with Gasteiger partial charge in [-0.1, -0.05) is 12.7 Å². The molecular weight excluding hydrogens is 256 g/mol. The molecule has 0 bridgehead atoms. The number of likely N-dealkylation sites (tertiary alicyclic amines) is 1. The Morgan fingerprint density at radius 2 is 2.30 bits per heavy atom. The summed E-state index contributed by atoms with van der Waals surface area (Å²) in [5.74, 6) is 0.682. The van der Waals surface area contributed by atoms with Gasteiger partial charge in [0.1, 0.15) is 6.61 Å². The van der Waals surface area contributed by atoms with Gasteiger partial charge in [0.05, 0.1) is 0 Å². The Hall–Kier alpha value is -1.88. The smallest absolute Gasteiger partial charge is 0.276 e. The van der Waals surface area contributed by atoms with Crippen molar-refractivity contribution >= 4 is 5.91 Å². The van der Waals surface area contributed by atoms with Crippen molar-refractivity contribution in [2.75, 3.05) is 26.3 Å². The number of ether oxygens (including phenoxy) is 1. The van der Waals surface area contributed by atoms with Crippen LogP contribution < -0.4 is 4.74 Å². The molecule has 20 heavy (non-hydrogen) atoms. The average Bonchev–Trinajstić information content (AvgIpc) is 2.52. The number of hydrogen-bond acceptors (Lipinski definition) is 4. The van der Waals surface area contributed by atoms with Gasteiger partial charge in [-0.15, -0.1) is 0 Å². The highest BCUT2D eigenvalue weighted by Gasteiger charge is 2.25. The van der Waals surface area contributed by atoms with Crippen LogP contribution in [0.2, 0.25) is 0 Å². The van der Waals surface area contributed by atoms with Gasteiger partial charge in [0, 0.05) is 25.9 Å². The van der Waals surface area contributed by atoms with E-state index in [1.54, 1.807) is 29.3 Å². The van der Waals surface area contributed by atoms with E-state index in [2.05, 4.69) is 11.6 Å². The SMILES string of the molecule is C=CCOc1cccnc1C(=O)N1CCC(CO)CC1. The molecule has 108 valence electrons. The van der Waals surface area contributed by atoms with E-state index in [4.69, 9.17) is 9.84 Å². The van der Waals surface area contributed by atoms with E-state index in [-0.39, 0.29) is 12.5 Å². The summed E-state index contributed by atoms with van der Waals surface area (Å²) in [6, 6.07) is 3.48. The minimum Gasteiger partial charge on any atom is -0.487 e. The molecule has 1 saturated heterocycles. The molecule has 5 nitrogen and oxygen atoms in total. The molecule has 2 heterocycles. The number of hydrogen-bond donors (Lipinski definition) is 1. The second-order valence-corrected chi connectivity index (χ2v) is 4.87. The number of carbonyl (C=O) groups excluding carboxylic acids is 1. The van der Waals surface area contributed by atoms with E-state index in [1.807, 2.05) is 0 Å². The van der Waals surface area contributed by atoms with Crippen molar-refractivity contribution < 1.29 is 14.6 Å². The first kappa shape index (κ1) is 14.5. The van der Waals surface area contributed by atoms with Gasteiger partial charge >= 0.3 is 0 Å². The summed E-state index contributed by atoms with van der Waals surface area (Å²) in [5, 5.41) is 9.13. The maximum absolute atomic E-state index is 12.5. The molecule has 1 amide bonds. The molecule has 0 unspecified atom stereocenters. The second-order valence-electron chi connectivity index (χ2n) is 4.87. The van der Waals surface area contributed by atoms with Gasteiger partial charge < -0.3 is 14.7 Å². The van der Waals surface area contributed by atoms with E-state index in [9.17, 15) is 4.79 Å². The topological polar surface area (TPSA) is 62.7 Å². The molecule has 1 N–H and O–H groups in total. The van der Waals surface area contributed by atoms with Gasteiger partial charge in [-0.2, -0.15) is 0 Å². The molecule has 0 aromatic carbocycles. The monoisotopic (exact) mass is 276 g/mol. The van der Waals surface area contributed by atoms with Crippen LogP contribution in [0.4, 0.5) is 0 Å². The van der Waals surface area contributed by atoms with Gasteiger partial charge in [-0.25, -0.2) is 4.98 Å². The Kier molecular flexibility index (Phi) is 5.12. The Morgan fingerprint density at radius 3 is 2.95 bits per heavy atom. The Balaban J connectivity index is 2.07. The van der Waals surface area contributed by atoms with Crippen molar-refractivity contribution in [2.24, 2.45) is 5.92 Å². The standard InChI is InChI=1S/C15H20N2O3/c1-2-10-20-13-4-3-7-16-14(13)15(19)17-8-5-12(11-18)6-9-17/h2-4,7,12,18H,1,5-6,8-11H2. The Bertz CT molecular complexity index is 468. The summed E-state index contributed by atoms with van der Waals surface area (Å²) in [7, 11) is 0. The summed E-state index contributed by atoms with van der Waals surface area (Å²) in [6.07, 6.45) is 4.89. The number of amides is 1. The molecule has 2 rings (SSSR count). The maximum Gasteiger partial charge on any atom is 0.276 e. The van der Waals surface area contributed by atoms with Crippen LogP contribution in [0.1, 0.15) is 23.3 Å². The molecule has 0 aliphatic carbocycles. The zero-order chi connectivity index (χ0) is 14.4. The zero-order valence-corrected chi connectivity index (χ0v) is 11.5. The molecule has 1 aromatic rings. The van der Waals surface area contributed by atoms with Gasteiger partial charge in [0.15, 0.2) is 11.4 Å². The predicted octanol–water partition coefficient (Wildman–Crippen LogP) is 1.49. The lowest BCUT2D eigenvalue weighted by Crippen LogP contribution is -2.39. The largest absolute Gasteiger partial charge is 0.487 e. The third-order valence-electron chi connectivity index (χ3n) is 3.49. The fourth-order valence-corrected chi connectivity index (χ4v) is 2.28. The molecule has 1 aliphatic rings. The minimum absolute atomic E-state index is 0.110. The first-order valence-electron chi connectivity index (χ1n) is 6.85. The van der Waals surface area contributed by atoms with E-state index >= 15 is 0 Å². The highest BCUT2D eigenvalue weighted by atomic mass is 16.5. The van der Waals surface area contributed by atoms with Crippen molar-refractivity contribution in [1.82, 2.24) is 9.88 Å². The Morgan fingerprint density at radius 1 is 1.55 bits per heavy atom. The van der Waals surface area contributed by atoms with Crippen molar-refractivity contribution in [2.45, 2.75) is 12.8 Å². The predicted molar refractivity (Wildman–Crippen MR) is 75.6 cm³/mol. The highest BCUT2D eigenvalue weighted by molar-refractivity contribution is 5.95. The summed E-state index contributed by atoms with van der Waals surface area (Å²) >= 11 is 0. The Labute approximate surface area is 118 Å². The van der Waals surface area contributed by atoms with Crippen LogP contribution in [0.3, 0.4) is 0 Å². The normalized spacial score (nSPS) is 15.9. The lowest BCUT2D eigenvalue weighted by Gasteiger charge is -2.31. The van der Waals surface area contributed by atoms with Crippen LogP contribution in [-0.2, 0) is 0 Å². The fraction of sp³-hybridized carbons (Fsp3) is 0.467. The van der Waals surface area contributed by atoms with E-state index in [0.29, 0.717) is 37.1 Å². The number of carbonyl (C=O) groups is 1. The molecule has 0 radical (unpaired) electrons. The first-order valence-corrected chi connectivity index (χ1v) is 6.85. The third-order valence-corrected chi connectivity index (χ3v) is 3.49. The highest BCUT2D eigenvalue weighted by Crippen LogP contribution is 2.22. The third kappa shape index (κ3) is 3.36. The van der Waals surface area contributed by atoms with Crippen LogP contribution in [-0.4, -0.2) is 47.2 Å². The number of rotatable bonds is 5. The molecule has 1 fully saturated rings. The maximum atomic E-state index is 12.5. The summed E-state index contributed by atoms with van der Waals surface area (Å²) in [5.41, 5.74) is 0.344. The van der Waals surface area contributed by atoms with Crippen molar-refractivity contribution in [3.8, 4) is 5.75 Å². The number of piperidine rings is 1. The lowest BCUT2D eigenvalue weighted by atomic mass is 9.97. The van der Waals surface area contributed by atoms with Crippen molar-refractivity contribution in [3.63, 3.8) is 0 Å². The average molecular weight is 276 g/mol. The quantitative estimate of drug-likeness (QED) is 0.828. The van der Waals surface area contributed by atoms with Gasteiger partial charge in [0.25, 0.3) is 5.91 Å². The zero-order valence-electron chi connectivity index (χ0n) is 11.5. The molecular formula is C15H20N2O3. The molecule has 0 atom stereocenters. The van der Waals surface area contributed by atoms with E-state index < -0.39 is 0 Å². The number of aromatic nitrogens is 1. The minimum atomic E-state index is -0.110.